The average molecular weight is 420 g/mol. The van der Waals surface area contributed by atoms with E-state index in [0.29, 0.717) is 21.5 Å². The van der Waals surface area contributed by atoms with Crippen molar-refractivity contribution in [2.75, 3.05) is 13.2 Å². The normalized spacial score (nSPS) is 10.8. The number of aromatic nitrogens is 4. The second-order valence-electron chi connectivity index (χ2n) is 6.52. The van der Waals surface area contributed by atoms with E-state index in [-0.39, 0.29) is 31.0 Å². The summed E-state index contributed by atoms with van der Waals surface area (Å²) in [7, 11) is 0. The van der Waals surface area contributed by atoms with Gasteiger partial charge in [0.15, 0.2) is 11.4 Å². The molecule has 0 aliphatic heterocycles. The first-order valence-electron chi connectivity index (χ1n) is 9.35. The number of H-pyrrole nitrogens is 2. The highest BCUT2D eigenvalue weighted by atomic mass is 16.5. The molecule has 2 heterocycles. The lowest BCUT2D eigenvalue weighted by Crippen LogP contribution is -2.18. The van der Waals surface area contributed by atoms with E-state index in [1.807, 2.05) is 0 Å². The minimum absolute atomic E-state index is 0.00361. The van der Waals surface area contributed by atoms with Crippen LogP contribution in [0.4, 0.5) is 0 Å². The largest absolute Gasteiger partial charge is 0.461 e. The van der Waals surface area contributed by atoms with Crippen molar-refractivity contribution < 1.29 is 19.1 Å². The van der Waals surface area contributed by atoms with Crippen LogP contribution in [0.1, 0.15) is 27.4 Å². The van der Waals surface area contributed by atoms with E-state index in [1.54, 1.807) is 48.5 Å². The molecule has 0 atom stereocenters. The molecule has 31 heavy (non-hydrogen) atoms. The number of nitrogens with one attached hydrogen (secondary N) is 2. The highest BCUT2D eigenvalue weighted by Gasteiger charge is 2.17. The maximum absolute atomic E-state index is 12.3. The number of carbonyl (C=O) groups excluding carboxylic acids is 2. The van der Waals surface area contributed by atoms with Gasteiger partial charge in [0.1, 0.15) is 0 Å². The second kappa shape index (κ2) is 8.57. The molecule has 2 N–H and O–H groups in total. The summed E-state index contributed by atoms with van der Waals surface area (Å²) < 4.78 is 10.3. The summed E-state index contributed by atoms with van der Waals surface area (Å²) in [4.78, 5) is 48.2. The van der Waals surface area contributed by atoms with Crippen molar-refractivity contribution in [2.24, 2.45) is 0 Å². The molecule has 10 nitrogen and oxygen atoms in total. The molecular weight excluding hydrogens is 404 g/mol. The summed E-state index contributed by atoms with van der Waals surface area (Å²) in [5, 5.41) is 13.5. The minimum Gasteiger partial charge on any atom is -0.461 e. The van der Waals surface area contributed by atoms with Crippen molar-refractivity contribution >= 4 is 33.5 Å². The van der Waals surface area contributed by atoms with Crippen LogP contribution in [0.15, 0.2) is 58.1 Å². The number of carbonyl (C=O) groups is 2. The minimum atomic E-state index is -0.702. The van der Waals surface area contributed by atoms with Crippen molar-refractivity contribution in [2.45, 2.75) is 6.42 Å². The molecule has 0 aliphatic carbocycles. The quantitative estimate of drug-likeness (QED) is 0.353. The van der Waals surface area contributed by atoms with Crippen molar-refractivity contribution in [1.29, 1.82) is 0 Å². The molecule has 0 spiro atoms. The summed E-state index contributed by atoms with van der Waals surface area (Å²) in [6.45, 7) is -0.0535. The molecule has 0 saturated carbocycles. The number of benzene rings is 2. The number of nitrogens with zero attached hydrogens (tertiary/aromatic N) is 2. The van der Waals surface area contributed by atoms with Crippen LogP contribution in [0.2, 0.25) is 0 Å². The highest BCUT2D eigenvalue weighted by Crippen LogP contribution is 2.14. The van der Waals surface area contributed by atoms with Gasteiger partial charge < -0.3 is 9.47 Å². The Morgan fingerprint density at radius 2 is 1.06 bits per heavy atom. The first-order valence-corrected chi connectivity index (χ1v) is 9.35. The third-order valence-corrected chi connectivity index (χ3v) is 4.53. The van der Waals surface area contributed by atoms with Crippen LogP contribution in [0.25, 0.3) is 21.5 Å². The van der Waals surface area contributed by atoms with Gasteiger partial charge in [0.25, 0.3) is 11.1 Å². The van der Waals surface area contributed by atoms with Crippen LogP contribution in [-0.2, 0) is 9.47 Å². The Morgan fingerprint density at radius 3 is 1.48 bits per heavy atom. The SMILES string of the molecule is O=C(OCCCOC(=O)c1n[nH]c(=O)c2ccccc12)c1n[nH]c(=O)c2ccccc12. The van der Waals surface area contributed by atoms with E-state index in [2.05, 4.69) is 20.4 Å². The molecule has 4 rings (SSSR count). The molecular formula is C21H16N4O6. The Morgan fingerprint density at radius 1 is 0.677 bits per heavy atom. The fraction of sp³-hybridized carbons (Fsp3) is 0.143. The predicted molar refractivity (Wildman–Crippen MR) is 110 cm³/mol. The monoisotopic (exact) mass is 420 g/mol. The lowest BCUT2D eigenvalue weighted by atomic mass is 10.1. The number of hydrogen-bond donors (Lipinski definition) is 2. The third-order valence-electron chi connectivity index (χ3n) is 4.53. The molecule has 2 aromatic carbocycles. The van der Waals surface area contributed by atoms with Gasteiger partial charge in [-0.25, -0.2) is 19.8 Å². The number of hydrogen-bond acceptors (Lipinski definition) is 8. The van der Waals surface area contributed by atoms with E-state index in [1.165, 1.54) is 0 Å². The first kappa shape index (κ1) is 20.0. The average Bonchev–Trinajstić information content (AvgIpc) is 2.79. The predicted octanol–water partition coefficient (Wildman–Crippen LogP) is 1.56. The number of esters is 2. The van der Waals surface area contributed by atoms with Crippen molar-refractivity contribution in [3.05, 3.63) is 80.6 Å². The maximum atomic E-state index is 12.3. The molecule has 0 aliphatic rings. The Labute approximate surface area is 173 Å². The van der Waals surface area contributed by atoms with Gasteiger partial charge in [0.2, 0.25) is 0 Å². The van der Waals surface area contributed by atoms with Crippen LogP contribution in [0.5, 0.6) is 0 Å². The molecule has 4 aromatic rings. The van der Waals surface area contributed by atoms with Gasteiger partial charge >= 0.3 is 11.9 Å². The number of ether oxygens (including phenoxy) is 2. The van der Waals surface area contributed by atoms with Crippen LogP contribution >= 0.6 is 0 Å². The van der Waals surface area contributed by atoms with Crippen molar-refractivity contribution in [1.82, 2.24) is 20.4 Å². The van der Waals surface area contributed by atoms with Crippen molar-refractivity contribution in [3.8, 4) is 0 Å². The molecule has 2 aromatic heterocycles. The fourth-order valence-corrected chi connectivity index (χ4v) is 3.07. The van der Waals surface area contributed by atoms with E-state index in [0.717, 1.165) is 0 Å². The Bertz CT molecular complexity index is 1300. The number of fused-ring (bicyclic) bond motifs is 2. The third kappa shape index (κ3) is 4.04. The van der Waals surface area contributed by atoms with Gasteiger partial charge in [-0.2, -0.15) is 10.2 Å². The molecule has 0 bridgehead atoms. The second-order valence-corrected chi connectivity index (χ2v) is 6.52. The molecule has 0 radical (unpaired) electrons. The summed E-state index contributed by atoms with van der Waals surface area (Å²) >= 11 is 0. The Balaban J connectivity index is 1.34. The molecule has 156 valence electrons. The van der Waals surface area contributed by atoms with E-state index in [9.17, 15) is 19.2 Å². The Kier molecular flexibility index (Phi) is 5.52. The lowest BCUT2D eigenvalue weighted by Gasteiger charge is -2.08. The molecule has 0 amide bonds. The van der Waals surface area contributed by atoms with Crippen LogP contribution in [0.3, 0.4) is 0 Å². The van der Waals surface area contributed by atoms with Gasteiger partial charge in [-0.05, 0) is 12.1 Å². The first-order chi connectivity index (χ1) is 15.1. The smallest absolute Gasteiger partial charge is 0.359 e. The van der Waals surface area contributed by atoms with E-state index in [4.69, 9.17) is 9.47 Å². The summed E-state index contributed by atoms with van der Waals surface area (Å²) in [5.41, 5.74) is -0.808. The van der Waals surface area contributed by atoms with Gasteiger partial charge in [0, 0.05) is 17.2 Å². The lowest BCUT2D eigenvalue weighted by molar-refractivity contribution is 0.0390. The van der Waals surface area contributed by atoms with Crippen molar-refractivity contribution in [3.63, 3.8) is 0 Å². The van der Waals surface area contributed by atoms with E-state index < -0.39 is 23.1 Å². The summed E-state index contributed by atoms with van der Waals surface area (Å²) in [6, 6.07) is 13.1. The zero-order valence-electron chi connectivity index (χ0n) is 16.1. The van der Waals surface area contributed by atoms with E-state index >= 15 is 0 Å². The fourth-order valence-electron chi connectivity index (χ4n) is 3.07. The molecule has 0 saturated heterocycles. The number of aromatic amines is 2. The summed E-state index contributed by atoms with van der Waals surface area (Å²) in [5.74, 6) is -1.40. The molecule has 0 fully saturated rings. The van der Waals surface area contributed by atoms with Crippen LogP contribution in [-0.4, -0.2) is 45.5 Å². The molecule has 10 heteroatoms. The number of rotatable bonds is 6. The highest BCUT2D eigenvalue weighted by molar-refractivity contribution is 6.02. The standard InChI is InChI=1S/C21H16N4O6/c26-18-14-8-3-1-6-12(14)16(22-24-18)20(28)30-10-5-11-31-21(29)17-13-7-2-4-9-15(13)19(27)25-23-17/h1-4,6-9H,5,10-11H2,(H,24,26)(H,25,27). The van der Waals surface area contributed by atoms with Crippen LogP contribution < -0.4 is 11.1 Å². The van der Waals surface area contributed by atoms with Crippen LogP contribution in [0, 0.1) is 0 Å². The Hall–Kier alpha value is -4.34. The van der Waals surface area contributed by atoms with Gasteiger partial charge in [0.05, 0.1) is 24.0 Å². The zero-order chi connectivity index (χ0) is 21.8. The van der Waals surface area contributed by atoms with Gasteiger partial charge in [-0.1, -0.05) is 36.4 Å². The topological polar surface area (TPSA) is 144 Å². The zero-order valence-corrected chi connectivity index (χ0v) is 16.1. The summed E-state index contributed by atoms with van der Waals surface area (Å²) in [6.07, 6.45) is 0.236. The maximum Gasteiger partial charge on any atom is 0.359 e. The van der Waals surface area contributed by atoms with Gasteiger partial charge in [-0.3, -0.25) is 9.59 Å². The van der Waals surface area contributed by atoms with Gasteiger partial charge in [-0.15, -0.1) is 0 Å². The molecule has 0 unspecified atom stereocenters.